The first kappa shape index (κ1) is 13.1. The van der Waals surface area contributed by atoms with Crippen LogP contribution in [0.1, 0.15) is 39.2 Å². The van der Waals surface area contributed by atoms with E-state index in [-0.39, 0.29) is 12.0 Å². The number of hydrogen-bond acceptors (Lipinski definition) is 1. The molecule has 0 heterocycles. The Morgan fingerprint density at radius 1 is 1.22 bits per heavy atom. The Morgan fingerprint density at radius 3 is 2.33 bits per heavy atom. The second-order valence-electron chi connectivity index (χ2n) is 5.67. The van der Waals surface area contributed by atoms with E-state index in [1.165, 1.54) is 18.4 Å². The third kappa shape index (κ3) is 3.12. The van der Waals surface area contributed by atoms with E-state index in [0.717, 1.165) is 6.54 Å². The molecule has 1 aliphatic rings. The summed E-state index contributed by atoms with van der Waals surface area (Å²) < 4.78 is 0. The van der Waals surface area contributed by atoms with Gasteiger partial charge in [0, 0.05) is 18.5 Å². The lowest BCUT2D eigenvalue weighted by Gasteiger charge is -2.29. The summed E-state index contributed by atoms with van der Waals surface area (Å²) in [6.45, 7) is 7.01. The summed E-state index contributed by atoms with van der Waals surface area (Å²) in [7, 11) is 0. The summed E-state index contributed by atoms with van der Waals surface area (Å²) >= 11 is 0. The highest BCUT2D eigenvalue weighted by Gasteiger charge is 2.35. The van der Waals surface area contributed by atoms with E-state index in [1.807, 2.05) is 23.1 Å². The fourth-order valence-corrected chi connectivity index (χ4v) is 2.35. The van der Waals surface area contributed by atoms with Crippen molar-refractivity contribution in [3.63, 3.8) is 0 Å². The first-order chi connectivity index (χ1) is 8.59. The number of carbonyl (C=O) groups excluding carboxylic acids is 1. The first-order valence-electron chi connectivity index (χ1n) is 6.94. The van der Waals surface area contributed by atoms with Crippen LogP contribution in [0.3, 0.4) is 0 Å². The Kier molecular flexibility index (Phi) is 4.05. The molecule has 0 saturated heterocycles. The van der Waals surface area contributed by atoms with Crippen LogP contribution in [0.15, 0.2) is 30.3 Å². The average Bonchev–Trinajstić information content (AvgIpc) is 3.19. The summed E-state index contributed by atoms with van der Waals surface area (Å²) in [6.07, 6.45) is 2.45. The van der Waals surface area contributed by atoms with E-state index in [9.17, 15) is 4.79 Å². The molecule has 1 aromatic carbocycles. The number of carbonyl (C=O) groups is 1. The Bertz CT molecular complexity index is 395. The summed E-state index contributed by atoms with van der Waals surface area (Å²) in [5, 5.41) is 0. The maximum atomic E-state index is 12.5. The van der Waals surface area contributed by atoms with Gasteiger partial charge in [0.1, 0.15) is 0 Å². The maximum Gasteiger partial charge on any atom is 0.226 e. The second-order valence-corrected chi connectivity index (χ2v) is 5.67. The highest BCUT2D eigenvalue weighted by Crippen LogP contribution is 2.37. The van der Waals surface area contributed by atoms with Crippen molar-refractivity contribution < 1.29 is 4.79 Å². The number of rotatable bonds is 5. The number of benzene rings is 1. The van der Waals surface area contributed by atoms with Gasteiger partial charge in [-0.3, -0.25) is 4.79 Å². The van der Waals surface area contributed by atoms with E-state index in [1.54, 1.807) is 0 Å². The molecular weight excluding hydrogens is 222 g/mol. The minimum Gasteiger partial charge on any atom is -0.336 e. The van der Waals surface area contributed by atoms with Gasteiger partial charge in [-0.25, -0.2) is 0 Å². The normalized spacial score (nSPS) is 16.7. The van der Waals surface area contributed by atoms with Crippen LogP contribution >= 0.6 is 0 Å². The minimum atomic E-state index is 0.191. The van der Waals surface area contributed by atoms with Crippen LogP contribution in [0.25, 0.3) is 0 Å². The molecule has 2 heteroatoms. The molecule has 0 N–H and O–H groups in total. The van der Waals surface area contributed by atoms with E-state index in [2.05, 4.69) is 32.9 Å². The van der Waals surface area contributed by atoms with Crippen molar-refractivity contribution >= 4 is 5.91 Å². The van der Waals surface area contributed by atoms with Crippen LogP contribution in [0.2, 0.25) is 0 Å². The van der Waals surface area contributed by atoms with Crippen molar-refractivity contribution in [2.45, 2.75) is 46.2 Å². The van der Waals surface area contributed by atoms with Gasteiger partial charge >= 0.3 is 0 Å². The zero-order valence-corrected chi connectivity index (χ0v) is 11.6. The van der Waals surface area contributed by atoms with Gasteiger partial charge in [0.2, 0.25) is 5.91 Å². The smallest absolute Gasteiger partial charge is 0.226 e. The van der Waals surface area contributed by atoms with Gasteiger partial charge < -0.3 is 4.90 Å². The van der Waals surface area contributed by atoms with Gasteiger partial charge in [0.25, 0.3) is 0 Å². The number of amides is 1. The number of nitrogens with zero attached hydrogens (tertiary/aromatic N) is 1. The molecule has 1 saturated carbocycles. The molecule has 1 unspecified atom stereocenters. The van der Waals surface area contributed by atoms with Crippen LogP contribution in [0, 0.1) is 11.8 Å². The summed E-state index contributed by atoms with van der Waals surface area (Å²) in [4.78, 5) is 14.5. The fourth-order valence-electron chi connectivity index (χ4n) is 2.35. The molecule has 1 aromatic rings. The van der Waals surface area contributed by atoms with Gasteiger partial charge in [-0.1, -0.05) is 37.3 Å². The predicted molar refractivity (Wildman–Crippen MR) is 74.0 cm³/mol. The molecule has 0 bridgehead atoms. The Balaban J connectivity index is 2.05. The third-order valence-corrected chi connectivity index (χ3v) is 3.82. The lowest BCUT2D eigenvalue weighted by Crippen LogP contribution is -2.40. The van der Waals surface area contributed by atoms with Gasteiger partial charge in [-0.2, -0.15) is 0 Å². The summed E-state index contributed by atoms with van der Waals surface area (Å²) in [5.74, 6) is 1.14. The molecule has 1 amide bonds. The zero-order valence-electron chi connectivity index (χ0n) is 11.6. The lowest BCUT2D eigenvalue weighted by molar-refractivity contribution is -0.138. The molecule has 1 atom stereocenters. The van der Waals surface area contributed by atoms with Crippen molar-refractivity contribution in [2.24, 2.45) is 11.8 Å². The molecular formula is C16H23NO. The highest BCUT2D eigenvalue weighted by molar-refractivity contribution is 5.79. The van der Waals surface area contributed by atoms with Gasteiger partial charge in [-0.15, -0.1) is 0 Å². The van der Waals surface area contributed by atoms with Gasteiger partial charge in [0.05, 0.1) is 0 Å². The van der Waals surface area contributed by atoms with E-state index in [0.29, 0.717) is 11.8 Å². The van der Waals surface area contributed by atoms with Crippen LogP contribution in [0.5, 0.6) is 0 Å². The molecule has 1 fully saturated rings. The van der Waals surface area contributed by atoms with E-state index >= 15 is 0 Å². The third-order valence-electron chi connectivity index (χ3n) is 3.82. The van der Waals surface area contributed by atoms with Gasteiger partial charge in [0.15, 0.2) is 0 Å². The first-order valence-corrected chi connectivity index (χ1v) is 6.94. The standard InChI is InChI=1S/C16H23NO/c1-12(2)17(11-14-7-5-4-6-8-14)16(18)13(3)15-9-10-15/h4-8,12-13,15H,9-11H2,1-3H3. The molecule has 0 spiro atoms. The molecule has 18 heavy (non-hydrogen) atoms. The molecule has 0 radical (unpaired) electrons. The summed E-state index contributed by atoms with van der Waals surface area (Å²) in [5.41, 5.74) is 1.21. The largest absolute Gasteiger partial charge is 0.336 e. The Morgan fingerprint density at radius 2 is 1.83 bits per heavy atom. The molecule has 2 nitrogen and oxygen atoms in total. The van der Waals surface area contributed by atoms with E-state index in [4.69, 9.17) is 0 Å². The van der Waals surface area contributed by atoms with Crippen LogP contribution in [-0.2, 0) is 11.3 Å². The van der Waals surface area contributed by atoms with Crippen molar-refractivity contribution in [1.29, 1.82) is 0 Å². The Hall–Kier alpha value is -1.31. The van der Waals surface area contributed by atoms with Crippen LogP contribution in [-0.4, -0.2) is 16.8 Å². The second kappa shape index (κ2) is 5.55. The maximum absolute atomic E-state index is 12.5. The predicted octanol–water partition coefficient (Wildman–Crippen LogP) is 3.47. The van der Waals surface area contributed by atoms with Crippen LogP contribution < -0.4 is 0 Å². The van der Waals surface area contributed by atoms with Crippen LogP contribution in [0.4, 0.5) is 0 Å². The fraction of sp³-hybridized carbons (Fsp3) is 0.562. The number of hydrogen-bond donors (Lipinski definition) is 0. The molecule has 0 aliphatic heterocycles. The molecule has 1 aliphatic carbocycles. The van der Waals surface area contributed by atoms with Crippen molar-refractivity contribution in [2.75, 3.05) is 0 Å². The topological polar surface area (TPSA) is 20.3 Å². The Labute approximate surface area is 110 Å². The summed E-state index contributed by atoms with van der Waals surface area (Å²) in [6, 6.07) is 10.5. The molecule has 2 rings (SSSR count). The quantitative estimate of drug-likeness (QED) is 0.778. The van der Waals surface area contributed by atoms with Crippen molar-refractivity contribution in [1.82, 2.24) is 4.90 Å². The molecule has 98 valence electrons. The van der Waals surface area contributed by atoms with Gasteiger partial charge in [-0.05, 0) is 38.2 Å². The zero-order chi connectivity index (χ0) is 13.1. The van der Waals surface area contributed by atoms with Crippen molar-refractivity contribution in [3.05, 3.63) is 35.9 Å². The SMILES string of the molecule is CC(C(=O)N(Cc1ccccc1)C(C)C)C1CC1. The van der Waals surface area contributed by atoms with E-state index < -0.39 is 0 Å². The highest BCUT2D eigenvalue weighted by atomic mass is 16.2. The lowest BCUT2D eigenvalue weighted by atomic mass is 10.0. The molecule has 0 aromatic heterocycles. The minimum absolute atomic E-state index is 0.191. The average molecular weight is 245 g/mol. The van der Waals surface area contributed by atoms with Crippen molar-refractivity contribution in [3.8, 4) is 0 Å². The monoisotopic (exact) mass is 245 g/mol.